The highest BCUT2D eigenvalue weighted by atomic mass is 32.2. The van der Waals surface area contributed by atoms with Crippen molar-refractivity contribution in [1.29, 1.82) is 0 Å². The Balaban J connectivity index is 2.47. The Morgan fingerprint density at radius 1 is 1.38 bits per heavy atom. The Kier molecular flexibility index (Phi) is 4.07. The third-order valence-electron chi connectivity index (χ3n) is 1.85. The van der Waals surface area contributed by atoms with Gasteiger partial charge in [0.1, 0.15) is 0 Å². The van der Waals surface area contributed by atoms with Gasteiger partial charge >= 0.3 is 0 Å². The van der Waals surface area contributed by atoms with Gasteiger partial charge in [-0.05, 0) is 7.05 Å². The van der Waals surface area contributed by atoms with Crippen LogP contribution in [-0.2, 0) is 10.2 Å². The first-order valence-electron chi connectivity index (χ1n) is 4.27. The molecule has 0 aromatic heterocycles. The largest absolute Gasteiger partial charge is 0.314 e. The van der Waals surface area contributed by atoms with Gasteiger partial charge < -0.3 is 10.6 Å². The fourth-order valence-electron chi connectivity index (χ4n) is 1.14. The van der Waals surface area contributed by atoms with Crippen LogP contribution in [-0.4, -0.2) is 52.6 Å². The van der Waals surface area contributed by atoms with Gasteiger partial charge in [0.2, 0.25) is 0 Å². The normalized spacial score (nSPS) is 20.4. The van der Waals surface area contributed by atoms with Crippen molar-refractivity contribution >= 4 is 10.2 Å². The van der Waals surface area contributed by atoms with Gasteiger partial charge in [0.15, 0.2) is 0 Å². The summed E-state index contributed by atoms with van der Waals surface area (Å²) in [5.41, 5.74) is 0. The maximum absolute atomic E-state index is 11.5. The quantitative estimate of drug-likeness (QED) is 0.463. The van der Waals surface area contributed by atoms with E-state index in [1.165, 1.54) is 4.31 Å². The van der Waals surface area contributed by atoms with E-state index in [2.05, 4.69) is 15.4 Å². The number of nitrogens with one attached hydrogen (secondary N) is 3. The molecule has 0 aromatic rings. The molecule has 0 saturated carbocycles. The third-order valence-corrected chi connectivity index (χ3v) is 3.40. The molecule has 1 fully saturated rings. The van der Waals surface area contributed by atoms with Crippen LogP contribution in [0.1, 0.15) is 0 Å². The first kappa shape index (κ1) is 10.9. The molecule has 6 nitrogen and oxygen atoms in total. The minimum atomic E-state index is -3.26. The van der Waals surface area contributed by atoms with E-state index >= 15 is 0 Å². The van der Waals surface area contributed by atoms with Crippen molar-refractivity contribution in [2.75, 3.05) is 39.9 Å². The minimum Gasteiger partial charge on any atom is -0.314 e. The van der Waals surface area contributed by atoms with Crippen LogP contribution in [0.3, 0.4) is 0 Å². The Morgan fingerprint density at radius 2 is 2.00 bits per heavy atom. The summed E-state index contributed by atoms with van der Waals surface area (Å²) in [5.74, 6) is 0. The molecular weight excluding hydrogens is 192 g/mol. The molecule has 1 rings (SSSR count). The van der Waals surface area contributed by atoms with Gasteiger partial charge in [-0.15, -0.1) is 0 Å². The van der Waals surface area contributed by atoms with Crippen LogP contribution in [0.5, 0.6) is 0 Å². The highest BCUT2D eigenvalue weighted by Crippen LogP contribution is 1.98. The first-order valence-corrected chi connectivity index (χ1v) is 5.71. The molecule has 0 amide bonds. The molecule has 0 bridgehead atoms. The summed E-state index contributed by atoms with van der Waals surface area (Å²) in [7, 11) is -1.57. The Bertz CT molecular complexity index is 235. The lowest BCUT2D eigenvalue weighted by atomic mass is 10.4. The van der Waals surface area contributed by atoms with Crippen LogP contribution in [0.15, 0.2) is 0 Å². The second-order valence-corrected chi connectivity index (χ2v) is 4.58. The van der Waals surface area contributed by atoms with Crippen LogP contribution in [0.4, 0.5) is 0 Å². The van der Waals surface area contributed by atoms with Crippen molar-refractivity contribution in [3.8, 4) is 0 Å². The van der Waals surface area contributed by atoms with Gasteiger partial charge in [-0.25, -0.2) is 0 Å². The number of nitrogens with zero attached hydrogens (tertiary/aromatic N) is 1. The van der Waals surface area contributed by atoms with Crippen molar-refractivity contribution in [3.05, 3.63) is 0 Å². The number of hydrogen-bond donors (Lipinski definition) is 3. The smallest absolute Gasteiger partial charge is 0.280 e. The van der Waals surface area contributed by atoms with E-state index in [-0.39, 0.29) is 6.67 Å². The monoisotopic (exact) mass is 208 g/mol. The summed E-state index contributed by atoms with van der Waals surface area (Å²) < 4.78 is 26.9. The summed E-state index contributed by atoms with van der Waals surface area (Å²) in [6, 6.07) is 0. The molecule has 1 aliphatic rings. The number of piperazine rings is 1. The van der Waals surface area contributed by atoms with E-state index in [9.17, 15) is 8.42 Å². The second kappa shape index (κ2) is 4.87. The average Bonchev–Trinajstić information content (AvgIpc) is 2.16. The molecule has 1 saturated heterocycles. The highest BCUT2D eigenvalue weighted by molar-refractivity contribution is 7.87. The number of hydrogen-bond acceptors (Lipinski definition) is 4. The standard InChI is InChI=1S/C6H16N4O2S/c1-7-6-9-13(11,12)10-4-2-8-3-5-10/h7-9H,2-6H2,1H3. The zero-order valence-electron chi connectivity index (χ0n) is 7.71. The van der Waals surface area contributed by atoms with Gasteiger partial charge in [-0.2, -0.15) is 17.4 Å². The Hall–Kier alpha value is -0.210. The first-order chi connectivity index (χ1) is 6.17. The fourth-order valence-corrected chi connectivity index (χ4v) is 2.31. The van der Waals surface area contributed by atoms with Gasteiger partial charge in [-0.3, -0.25) is 0 Å². The molecule has 7 heteroatoms. The van der Waals surface area contributed by atoms with Crippen molar-refractivity contribution in [2.45, 2.75) is 0 Å². The molecule has 0 atom stereocenters. The van der Waals surface area contributed by atoms with Crippen LogP contribution in [0.25, 0.3) is 0 Å². The topological polar surface area (TPSA) is 73.5 Å². The minimum absolute atomic E-state index is 0.270. The van der Waals surface area contributed by atoms with Crippen LogP contribution in [0, 0.1) is 0 Å². The number of rotatable bonds is 4. The maximum Gasteiger partial charge on any atom is 0.280 e. The molecule has 3 N–H and O–H groups in total. The van der Waals surface area contributed by atoms with Crippen LogP contribution >= 0.6 is 0 Å². The van der Waals surface area contributed by atoms with Crippen molar-refractivity contribution in [2.24, 2.45) is 0 Å². The summed E-state index contributed by atoms with van der Waals surface area (Å²) >= 11 is 0. The summed E-state index contributed by atoms with van der Waals surface area (Å²) in [6.45, 7) is 2.80. The predicted octanol–water partition coefficient (Wildman–Crippen LogP) is -2.10. The molecule has 0 aromatic carbocycles. The lowest BCUT2D eigenvalue weighted by Crippen LogP contribution is -2.51. The van der Waals surface area contributed by atoms with Gasteiger partial charge in [0, 0.05) is 26.2 Å². The van der Waals surface area contributed by atoms with E-state index in [1.807, 2.05) is 0 Å². The third kappa shape index (κ3) is 3.20. The zero-order chi connectivity index (χ0) is 9.73. The molecule has 1 heterocycles. The van der Waals surface area contributed by atoms with E-state index < -0.39 is 10.2 Å². The molecule has 78 valence electrons. The van der Waals surface area contributed by atoms with E-state index in [1.54, 1.807) is 7.05 Å². The van der Waals surface area contributed by atoms with Crippen molar-refractivity contribution in [1.82, 2.24) is 19.7 Å². The molecule has 0 unspecified atom stereocenters. The molecule has 0 spiro atoms. The lowest BCUT2D eigenvalue weighted by Gasteiger charge is -2.26. The average molecular weight is 208 g/mol. The van der Waals surface area contributed by atoms with Crippen LogP contribution in [0.2, 0.25) is 0 Å². The molecule has 1 aliphatic heterocycles. The van der Waals surface area contributed by atoms with Gasteiger partial charge in [0.05, 0.1) is 6.67 Å². The summed E-state index contributed by atoms with van der Waals surface area (Å²) in [4.78, 5) is 0. The Labute approximate surface area is 78.9 Å². The maximum atomic E-state index is 11.5. The van der Waals surface area contributed by atoms with E-state index in [0.29, 0.717) is 13.1 Å². The van der Waals surface area contributed by atoms with E-state index in [4.69, 9.17) is 0 Å². The van der Waals surface area contributed by atoms with Crippen molar-refractivity contribution < 1.29 is 8.42 Å². The van der Waals surface area contributed by atoms with Crippen LogP contribution < -0.4 is 15.4 Å². The summed E-state index contributed by atoms with van der Waals surface area (Å²) in [6.07, 6.45) is 0. The molecule has 0 aliphatic carbocycles. The molecule has 13 heavy (non-hydrogen) atoms. The van der Waals surface area contributed by atoms with Gasteiger partial charge in [0.25, 0.3) is 10.2 Å². The zero-order valence-corrected chi connectivity index (χ0v) is 8.52. The SMILES string of the molecule is CNCNS(=O)(=O)N1CCNCC1. The molecule has 0 radical (unpaired) electrons. The van der Waals surface area contributed by atoms with Crippen molar-refractivity contribution in [3.63, 3.8) is 0 Å². The fraction of sp³-hybridized carbons (Fsp3) is 1.00. The highest BCUT2D eigenvalue weighted by Gasteiger charge is 2.22. The van der Waals surface area contributed by atoms with E-state index in [0.717, 1.165) is 13.1 Å². The Morgan fingerprint density at radius 3 is 2.54 bits per heavy atom. The van der Waals surface area contributed by atoms with Gasteiger partial charge in [-0.1, -0.05) is 0 Å². The molecular formula is C6H16N4O2S. The second-order valence-electron chi connectivity index (χ2n) is 2.83. The predicted molar refractivity (Wildman–Crippen MR) is 50.4 cm³/mol. The summed E-state index contributed by atoms with van der Waals surface area (Å²) in [5, 5.41) is 5.82. The lowest BCUT2D eigenvalue weighted by molar-refractivity contribution is 0.354.